The number of aryl methyl sites for hydroxylation is 1. The highest BCUT2D eigenvalue weighted by Crippen LogP contribution is 2.37. The third kappa shape index (κ3) is 3.83. The molecule has 0 spiro atoms. The third-order valence-electron chi connectivity index (χ3n) is 3.93. The van der Waals surface area contributed by atoms with Crippen LogP contribution in [-0.4, -0.2) is 30.4 Å². The Balaban J connectivity index is 1.85. The van der Waals surface area contributed by atoms with Crippen LogP contribution in [0.25, 0.3) is 0 Å². The highest BCUT2D eigenvalue weighted by Gasteiger charge is 2.22. The molecule has 1 aliphatic rings. The smallest absolute Gasteiger partial charge is 0.223 e. The van der Waals surface area contributed by atoms with Crippen molar-refractivity contribution in [2.45, 2.75) is 45.6 Å². The van der Waals surface area contributed by atoms with Crippen LogP contribution in [0.4, 0.5) is 0 Å². The molecule has 0 saturated carbocycles. The minimum Gasteiger partial charge on any atom is -0.343 e. The Hall–Kier alpha value is -0.390. The molecule has 5 heteroatoms. The van der Waals surface area contributed by atoms with E-state index in [1.54, 1.807) is 0 Å². The predicted octanol–water partition coefficient (Wildman–Crippen LogP) is 3.74. The van der Waals surface area contributed by atoms with Gasteiger partial charge in [-0.05, 0) is 60.7 Å². The summed E-state index contributed by atoms with van der Waals surface area (Å²) < 4.78 is 1.22. The maximum absolute atomic E-state index is 12.0. The van der Waals surface area contributed by atoms with Crippen molar-refractivity contribution >= 4 is 33.2 Å². The lowest BCUT2D eigenvalue weighted by Crippen LogP contribution is -2.34. The number of carbonyl (C=O) groups excluding carboxylic acids is 1. The minimum absolute atomic E-state index is 0.255. The maximum atomic E-state index is 12.0. The monoisotopic (exact) mass is 358 g/mol. The maximum Gasteiger partial charge on any atom is 0.223 e. The first-order valence-corrected chi connectivity index (χ1v) is 9.05. The minimum atomic E-state index is 0.255. The predicted molar refractivity (Wildman–Crippen MR) is 88.2 cm³/mol. The van der Waals surface area contributed by atoms with E-state index in [2.05, 4.69) is 27.3 Å². The van der Waals surface area contributed by atoms with Gasteiger partial charge in [-0.3, -0.25) is 4.79 Å². The van der Waals surface area contributed by atoms with Crippen LogP contribution in [0.5, 0.6) is 0 Å². The summed E-state index contributed by atoms with van der Waals surface area (Å²) in [6, 6.07) is 2.66. The molecule has 2 rings (SSSR count). The second kappa shape index (κ2) is 7.57. The second-order valence-electron chi connectivity index (χ2n) is 5.14. The summed E-state index contributed by atoms with van der Waals surface area (Å²) in [5, 5.41) is 3.56. The van der Waals surface area contributed by atoms with Crippen molar-refractivity contribution in [2.75, 3.05) is 19.6 Å². The molecule has 20 heavy (non-hydrogen) atoms. The number of hydrogen-bond acceptors (Lipinski definition) is 3. The van der Waals surface area contributed by atoms with Gasteiger partial charge < -0.3 is 10.2 Å². The molecule has 1 amide bonds. The van der Waals surface area contributed by atoms with Gasteiger partial charge in [-0.15, -0.1) is 11.3 Å². The molecule has 1 heterocycles. The summed E-state index contributed by atoms with van der Waals surface area (Å²) in [5.41, 5.74) is 1.43. The van der Waals surface area contributed by atoms with Crippen molar-refractivity contribution < 1.29 is 4.79 Å². The summed E-state index contributed by atoms with van der Waals surface area (Å²) in [5.74, 6) is 0.255. The van der Waals surface area contributed by atoms with Crippen LogP contribution in [0.1, 0.15) is 49.6 Å². The van der Waals surface area contributed by atoms with E-state index in [0.717, 1.165) is 19.6 Å². The molecule has 1 unspecified atom stereocenters. The summed E-state index contributed by atoms with van der Waals surface area (Å²) in [4.78, 5) is 15.4. The molecule has 0 saturated heterocycles. The zero-order valence-corrected chi connectivity index (χ0v) is 14.6. The standard InChI is InChI=1S/C15H23BrN2OS/c1-3-18(4-2)15(19)8-9-17-12-6-5-7-13-11(12)10-14(16)20-13/h10,12,17H,3-9H2,1-2H3. The quantitative estimate of drug-likeness (QED) is 0.839. The van der Waals surface area contributed by atoms with E-state index < -0.39 is 0 Å². The Morgan fingerprint density at radius 1 is 1.50 bits per heavy atom. The first-order chi connectivity index (χ1) is 9.65. The fourth-order valence-electron chi connectivity index (χ4n) is 2.82. The number of hydrogen-bond donors (Lipinski definition) is 1. The molecule has 112 valence electrons. The molecule has 3 nitrogen and oxygen atoms in total. The van der Waals surface area contributed by atoms with E-state index in [4.69, 9.17) is 0 Å². The van der Waals surface area contributed by atoms with Crippen molar-refractivity contribution in [3.05, 3.63) is 20.3 Å². The van der Waals surface area contributed by atoms with Gasteiger partial charge in [0.15, 0.2) is 0 Å². The SMILES string of the molecule is CCN(CC)C(=O)CCNC1CCCc2sc(Br)cc21. The van der Waals surface area contributed by atoms with Crippen LogP contribution < -0.4 is 5.32 Å². The summed E-state index contributed by atoms with van der Waals surface area (Å²) in [6.07, 6.45) is 4.21. The van der Waals surface area contributed by atoms with Crippen molar-refractivity contribution in [2.24, 2.45) is 0 Å². The largest absolute Gasteiger partial charge is 0.343 e. The normalized spacial score (nSPS) is 17.9. The van der Waals surface area contributed by atoms with Crippen LogP contribution in [0.3, 0.4) is 0 Å². The van der Waals surface area contributed by atoms with Gasteiger partial charge in [0.1, 0.15) is 0 Å². The van der Waals surface area contributed by atoms with Gasteiger partial charge in [0.2, 0.25) is 5.91 Å². The van der Waals surface area contributed by atoms with E-state index >= 15 is 0 Å². The van der Waals surface area contributed by atoms with Crippen LogP contribution in [0.15, 0.2) is 9.85 Å². The molecule has 0 fully saturated rings. The molecular weight excluding hydrogens is 336 g/mol. The fourth-order valence-corrected chi connectivity index (χ4v) is 4.64. The highest BCUT2D eigenvalue weighted by atomic mass is 79.9. The average Bonchev–Trinajstić information content (AvgIpc) is 2.81. The number of thiophene rings is 1. The van der Waals surface area contributed by atoms with Gasteiger partial charge in [-0.2, -0.15) is 0 Å². The molecule has 1 N–H and O–H groups in total. The highest BCUT2D eigenvalue weighted by molar-refractivity contribution is 9.11. The lowest BCUT2D eigenvalue weighted by atomic mass is 9.94. The van der Waals surface area contributed by atoms with Crippen molar-refractivity contribution in [1.82, 2.24) is 10.2 Å². The molecular formula is C15H23BrN2OS. The van der Waals surface area contributed by atoms with E-state index in [1.165, 1.54) is 33.5 Å². The lowest BCUT2D eigenvalue weighted by Gasteiger charge is -2.24. The topological polar surface area (TPSA) is 32.3 Å². The van der Waals surface area contributed by atoms with Gasteiger partial charge in [-0.1, -0.05) is 0 Å². The molecule has 0 radical (unpaired) electrons. The summed E-state index contributed by atoms with van der Waals surface area (Å²) in [6.45, 7) is 6.45. The van der Waals surface area contributed by atoms with Crippen LogP contribution in [0.2, 0.25) is 0 Å². The molecule has 1 aromatic rings. The Bertz CT molecular complexity index is 457. The first kappa shape index (κ1) is 16.0. The van der Waals surface area contributed by atoms with Gasteiger partial charge in [0, 0.05) is 37.0 Å². The van der Waals surface area contributed by atoms with Gasteiger partial charge >= 0.3 is 0 Å². The van der Waals surface area contributed by atoms with Crippen LogP contribution >= 0.6 is 27.3 Å². The van der Waals surface area contributed by atoms with Crippen LogP contribution in [0, 0.1) is 0 Å². The van der Waals surface area contributed by atoms with Crippen LogP contribution in [-0.2, 0) is 11.2 Å². The van der Waals surface area contributed by atoms with E-state index in [1.807, 2.05) is 30.1 Å². The molecule has 1 aromatic heterocycles. The van der Waals surface area contributed by atoms with Gasteiger partial charge in [0.25, 0.3) is 0 Å². The number of nitrogens with zero attached hydrogens (tertiary/aromatic N) is 1. The Labute approximate surface area is 133 Å². The summed E-state index contributed by atoms with van der Waals surface area (Å²) in [7, 11) is 0. The number of nitrogens with one attached hydrogen (secondary N) is 1. The number of fused-ring (bicyclic) bond motifs is 1. The van der Waals surface area contributed by atoms with Crippen molar-refractivity contribution in [1.29, 1.82) is 0 Å². The zero-order chi connectivity index (χ0) is 14.5. The average molecular weight is 359 g/mol. The molecule has 1 aliphatic carbocycles. The molecule has 0 aromatic carbocycles. The van der Waals surface area contributed by atoms with Gasteiger partial charge in [0.05, 0.1) is 3.79 Å². The summed E-state index contributed by atoms with van der Waals surface area (Å²) >= 11 is 5.43. The van der Waals surface area contributed by atoms with Crippen molar-refractivity contribution in [3.63, 3.8) is 0 Å². The Kier molecular flexibility index (Phi) is 6.05. The number of halogens is 1. The number of carbonyl (C=O) groups is 1. The Morgan fingerprint density at radius 2 is 2.25 bits per heavy atom. The Morgan fingerprint density at radius 3 is 2.95 bits per heavy atom. The number of rotatable bonds is 6. The molecule has 0 aliphatic heterocycles. The van der Waals surface area contributed by atoms with E-state index in [9.17, 15) is 4.79 Å². The van der Waals surface area contributed by atoms with E-state index in [-0.39, 0.29) is 5.91 Å². The van der Waals surface area contributed by atoms with Crippen molar-refractivity contribution in [3.8, 4) is 0 Å². The lowest BCUT2D eigenvalue weighted by molar-refractivity contribution is -0.130. The third-order valence-corrected chi connectivity index (χ3v) is 5.64. The number of amides is 1. The molecule has 0 bridgehead atoms. The first-order valence-electron chi connectivity index (χ1n) is 7.45. The van der Waals surface area contributed by atoms with Gasteiger partial charge in [-0.25, -0.2) is 0 Å². The fraction of sp³-hybridized carbons (Fsp3) is 0.667. The second-order valence-corrected chi connectivity index (χ2v) is 7.66. The molecule has 1 atom stereocenters. The van der Waals surface area contributed by atoms with E-state index in [0.29, 0.717) is 12.5 Å². The zero-order valence-electron chi connectivity index (χ0n) is 12.2.